The number of rotatable bonds is 4. The summed E-state index contributed by atoms with van der Waals surface area (Å²) in [6, 6.07) is 12.3. The van der Waals surface area contributed by atoms with Gasteiger partial charge in [-0.05, 0) is 38.1 Å². The van der Waals surface area contributed by atoms with Crippen LogP contribution < -0.4 is 10.2 Å². The maximum atomic E-state index is 12.0. The summed E-state index contributed by atoms with van der Waals surface area (Å²) < 4.78 is 5.05. The Labute approximate surface area is 129 Å². The fourth-order valence-electron chi connectivity index (χ4n) is 2.02. The second kappa shape index (κ2) is 6.76. The highest BCUT2D eigenvalue weighted by molar-refractivity contribution is 6.03. The van der Waals surface area contributed by atoms with Gasteiger partial charge in [0.15, 0.2) is 11.5 Å². The zero-order chi connectivity index (χ0) is 16.1. The third kappa shape index (κ3) is 3.44. The van der Waals surface area contributed by atoms with E-state index in [9.17, 15) is 9.90 Å². The van der Waals surface area contributed by atoms with E-state index in [1.807, 2.05) is 19.1 Å². The van der Waals surface area contributed by atoms with Gasteiger partial charge in [0.2, 0.25) is 0 Å². The van der Waals surface area contributed by atoms with E-state index in [0.717, 1.165) is 5.56 Å². The van der Waals surface area contributed by atoms with Crippen molar-refractivity contribution < 1.29 is 14.6 Å². The first-order chi connectivity index (χ1) is 10.5. The highest BCUT2D eigenvalue weighted by Crippen LogP contribution is 2.29. The van der Waals surface area contributed by atoms with Gasteiger partial charge in [0.25, 0.3) is 5.91 Å². The van der Waals surface area contributed by atoms with Crippen molar-refractivity contribution in [2.45, 2.75) is 13.8 Å². The number of carbonyl (C=O) groups excluding carboxylic acids is 1. The van der Waals surface area contributed by atoms with Gasteiger partial charge in [-0.3, -0.25) is 4.79 Å². The second-order valence-electron chi connectivity index (χ2n) is 4.86. The monoisotopic (exact) mass is 298 g/mol. The molecule has 0 radical (unpaired) electrons. The number of para-hydroxylation sites is 1. The number of amides is 1. The lowest BCUT2D eigenvalue weighted by molar-refractivity contribution is 0.0954. The summed E-state index contributed by atoms with van der Waals surface area (Å²) in [7, 11) is 1.48. The number of benzene rings is 2. The van der Waals surface area contributed by atoms with E-state index in [0.29, 0.717) is 22.6 Å². The molecule has 0 aromatic heterocycles. The molecule has 0 aliphatic carbocycles. The number of aryl methyl sites for hydroxylation is 1. The molecule has 0 bridgehead atoms. The molecule has 2 rings (SSSR count). The zero-order valence-corrected chi connectivity index (χ0v) is 12.8. The second-order valence-corrected chi connectivity index (χ2v) is 4.86. The van der Waals surface area contributed by atoms with E-state index in [2.05, 4.69) is 10.5 Å². The maximum Gasteiger partial charge on any atom is 0.271 e. The highest BCUT2D eigenvalue weighted by atomic mass is 16.5. The molecule has 114 valence electrons. The fraction of sp³-hybridized carbons (Fsp3) is 0.176. The topological polar surface area (TPSA) is 70.9 Å². The maximum absolute atomic E-state index is 12.0. The minimum absolute atomic E-state index is 0.00365. The SMILES string of the molecule is COc1cccc(C(C)=NNC(=O)c2cccc(C)c2)c1O. The highest BCUT2D eigenvalue weighted by Gasteiger charge is 2.10. The van der Waals surface area contributed by atoms with E-state index >= 15 is 0 Å². The normalized spacial score (nSPS) is 11.1. The molecule has 0 saturated carbocycles. The average Bonchev–Trinajstić information content (AvgIpc) is 2.52. The molecule has 0 heterocycles. The number of nitrogens with one attached hydrogen (secondary N) is 1. The molecule has 0 aliphatic heterocycles. The van der Waals surface area contributed by atoms with E-state index in [1.54, 1.807) is 37.3 Å². The van der Waals surface area contributed by atoms with Crippen molar-refractivity contribution in [1.29, 1.82) is 0 Å². The predicted octanol–water partition coefficient (Wildman–Crippen LogP) is 2.86. The summed E-state index contributed by atoms with van der Waals surface area (Å²) in [6.07, 6.45) is 0. The van der Waals surface area contributed by atoms with Crippen LogP contribution in [0, 0.1) is 6.92 Å². The number of methoxy groups -OCH3 is 1. The van der Waals surface area contributed by atoms with Crippen molar-refractivity contribution in [3.8, 4) is 11.5 Å². The van der Waals surface area contributed by atoms with Gasteiger partial charge in [0.1, 0.15) is 0 Å². The summed E-state index contributed by atoms with van der Waals surface area (Å²) in [6.45, 7) is 3.62. The molecule has 0 unspecified atom stereocenters. The Morgan fingerprint density at radius 2 is 1.95 bits per heavy atom. The quantitative estimate of drug-likeness (QED) is 0.673. The fourth-order valence-corrected chi connectivity index (χ4v) is 2.02. The predicted molar refractivity (Wildman–Crippen MR) is 85.5 cm³/mol. The van der Waals surface area contributed by atoms with Crippen LogP contribution in [0.4, 0.5) is 0 Å². The van der Waals surface area contributed by atoms with Crippen LogP contribution in [0.3, 0.4) is 0 Å². The van der Waals surface area contributed by atoms with Crippen molar-refractivity contribution in [3.05, 3.63) is 59.2 Å². The molecule has 2 N–H and O–H groups in total. The Morgan fingerprint density at radius 1 is 1.23 bits per heavy atom. The molecule has 0 aliphatic rings. The molecular weight excluding hydrogens is 280 g/mol. The molecular formula is C17H18N2O3. The van der Waals surface area contributed by atoms with Gasteiger partial charge in [-0.25, -0.2) is 5.43 Å². The third-order valence-electron chi connectivity index (χ3n) is 3.21. The Kier molecular flexibility index (Phi) is 4.78. The van der Waals surface area contributed by atoms with Gasteiger partial charge in [0.05, 0.1) is 12.8 Å². The van der Waals surface area contributed by atoms with Crippen molar-refractivity contribution in [1.82, 2.24) is 5.43 Å². The third-order valence-corrected chi connectivity index (χ3v) is 3.21. The molecule has 0 atom stereocenters. The summed E-state index contributed by atoms with van der Waals surface area (Å²) in [5.74, 6) is 0.0542. The Morgan fingerprint density at radius 3 is 2.64 bits per heavy atom. The van der Waals surface area contributed by atoms with Gasteiger partial charge in [-0.15, -0.1) is 0 Å². The average molecular weight is 298 g/mol. The minimum Gasteiger partial charge on any atom is -0.504 e. The van der Waals surface area contributed by atoms with Crippen molar-refractivity contribution in [2.75, 3.05) is 7.11 Å². The van der Waals surface area contributed by atoms with Gasteiger partial charge < -0.3 is 9.84 Å². The zero-order valence-electron chi connectivity index (χ0n) is 12.8. The van der Waals surface area contributed by atoms with Gasteiger partial charge >= 0.3 is 0 Å². The molecule has 0 fully saturated rings. The number of ether oxygens (including phenoxy) is 1. The largest absolute Gasteiger partial charge is 0.504 e. The van der Waals surface area contributed by atoms with Crippen LogP contribution >= 0.6 is 0 Å². The minimum atomic E-state index is -0.301. The first-order valence-electron chi connectivity index (χ1n) is 6.80. The van der Waals surface area contributed by atoms with Crippen LogP contribution in [0.2, 0.25) is 0 Å². The van der Waals surface area contributed by atoms with Gasteiger partial charge in [-0.2, -0.15) is 5.10 Å². The van der Waals surface area contributed by atoms with Crippen molar-refractivity contribution in [2.24, 2.45) is 5.10 Å². The lowest BCUT2D eigenvalue weighted by Gasteiger charge is -2.08. The number of hydrogen-bond acceptors (Lipinski definition) is 4. The number of hydrazone groups is 1. The van der Waals surface area contributed by atoms with E-state index in [4.69, 9.17) is 4.74 Å². The van der Waals surface area contributed by atoms with Crippen LogP contribution in [-0.2, 0) is 0 Å². The number of nitrogens with zero attached hydrogens (tertiary/aromatic N) is 1. The van der Waals surface area contributed by atoms with Gasteiger partial charge in [-0.1, -0.05) is 23.8 Å². The van der Waals surface area contributed by atoms with Crippen molar-refractivity contribution in [3.63, 3.8) is 0 Å². The number of phenolic OH excluding ortho intramolecular Hbond substituents is 1. The smallest absolute Gasteiger partial charge is 0.271 e. The molecule has 2 aromatic carbocycles. The van der Waals surface area contributed by atoms with E-state index in [-0.39, 0.29) is 11.7 Å². The van der Waals surface area contributed by atoms with Crippen LogP contribution in [0.15, 0.2) is 47.6 Å². The molecule has 5 heteroatoms. The lowest BCUT2D eigenvalue weighted by atomic mass is 10.1. The first kappa shape index (κ1) is 15.6. The number of aromatic hydroxyl groups is 1. The number of carbonyl (C=O) groups is 1. The number of phenols is 1. The van der Waals surface area contributed by atoms with E-state index in [1.165, 1.54) is 7.11 Å². The summed E-state index contributed by atoms with van der Waals surface area (Å²) in [4.78, 5) is 12.0. The van der Waals surface area contributed by atoms with Gasteiger partial charge in [0, 0.05) is 11.1 Å². The Bertz CT molecular complexity index is 724. The summed E-state index contributed by atoms with van der Waals surface area (Å²) in [5, 5.41) is 14.1. The summed E-state index contributed by atoms with van der Waals surface area (Å²) in [5.41, 5.74) is 5.01. The summed E-state index contributed by atoms with van der Waals surface area (Å²) >= 11 is 0. The molecule has 2 aromatic rings. The molecule has 5 nitrogen and oxygen atoms in total. The standard InChI is InChI=1S/C17H18N2O3/c1-11-6-4-7-13(10-11)17(21)19-18-12(2)14-8-5-9-15(22-3)16(14)20/h4-10,20H,1-3H3,(H,19,21). The molecule has 0 saturated heterocycles. The molecule has 0 spiro atoms. The van der Waals surface area contributed by atoms with Crippen LogP contribution in [-0.4, -0.2) is 23.8 Å². The van der Waals surface area contributed by atoms with E-state index < -0.39 is 0 Å². The molecule has 22 heavy (non-hydrogen) atoms. The van der Waals surface area contributed by atoms with Crippen LogP contribution in [0.25, 0.3) is 0 Å². The van der Waals surface area contributed by atoms with Crippen molar-refractivity contribution >= 4 is 11.6 Å². The van der Waals surface area contributed by atoms with Crippen LogP contribution in [0.1, 0.15) is 28.4 Å². The lowest BCUT2D eigenvalue weighted by Crippen LogP contribution is -2.19. The Balaban J connectivity index is 2.18. The molecule has 1 amide bonds. The number of hydrogen-bond donors (Lipinski definition) is 2. The van der Waals surface area contributed by atoms with Crippen LogP contribution in [0.5, 0.6) is 11.5 Å². The Hall–Kier alpha value is -2.82. The first-order valence-corrected chi connectivity index (χ1v) is 6.80.